The fourth-order valence-electron chi connectivity index (χ4n) is 1.83. The minimum atomic E-state index is -0.496. The van der Waals surface area contributed by atoms with Gasteiger partial charge in [-0.05, 0) is 18.6 Å². The zero-order valence-electron chi connectivity index (χ0n) is 10.6. The number of primary amides is 1. The van der Waals surface area contributed by atoms with Gasteiger partial charge in [0.15, 0.2) is 5.82 Å². The average Bonchev–Trinajstić information content (AvgIpc) is 2.37. The Morgan fingerprint density at radius 2 is 2.26 bits per heavy atom. The van der Waals surface area contributed by atoms with Gasteiger partial charge in [0.25, 0.3) is 0 Å². The highest BCUT2D eigenvalue weighted by Crippen LogP contribution is 2.19. The summed E-state index contributed by atoms with van der Waals surface area (Å²) in [7, 11) is 0. The predicted octanol–water partition coefficient (Wildman–Crippen LogP) is 0.673. The van der Waals surface area contributed by atoms with Crippen LogP contribution in [-0.2, 0) is 4.79 Å². The molecule has 0 saturated carbocycles. The summed E-state index contributed by atoms with van der Waals surface area (Å²) in [5.74, 6) is 0.131. The van der Waals surface area contributed by atoms with Gasteiger partial charge in [0.2, 0.25) is 11.9 Å². The van der Waals surface area contributed by atoms with Gasteiger partial charge in [0.1, 0.15) is 11.6 Å². The smallest absolute Gasteiger partial charge is 0.239 e. The molecule has 0 aliphatic heterocycles. The van der Waals surface area contributed by atoms with Crippen molar-refractivity contribution in [3.8, 4) is 0 Å². The zero-order chi connectivity index (χ0) is 13.8. The van der Waals surface area contributed by atoms with Crippen LogP contribution in [0.2, 0.25) is 0 Å². The molecule has 5 N–H and O–H groups in total. The van der Waals surface area contributed by atoms with Crippen LogP contribution < -0.4 is 16.8 Å². The van der Waals surface area contributed by atoms with Crippen molar-refractivity contribution in [1.82, 2.24) is 15.0 Å². The number of anilines is 2. The second-order valence-corrected chi connectivity index (χ2v) is 4.19. The van der Waals surface area contributed by atoms with Crippen molar-refractivity contribution in [3.63, 3.8) is 0 Å². The maximum absolute atomic E-state index is 11.4. The molecule has 2 heterocycles. The minimum Gasteiger partial charge on any atom is -0.368 e. The number of nitrogens with two attached hydrogens (primary N) is 2. The van der Waals surface area contributed by atoms with Crippen molar-refractivity contribution in [3.05, 3.63) is 18.3 Å². The third-order valence-corrected chi connectivity index (χ3v) is 2.70. The fourth-order valence-corrected chi connectivity index (χ4v) is 1.83. The number of nitrogen functional groups attached to an aromatic ring is 1. The molecule has 0 saturated heterocycles. The highest BCUT2D eigenvalue weighted by Gasteiger charge is 2.17. The number of hydrogen-bond donors (Lipinski definition) is 3. The maximum Gasteiger partial charge on any atom is 0.239 e. The highest BCUT2D eigenvalue weighted by atomic mass is 16.1. The molecule has 0 aromatic carbocycles. The summed E-state index contributed by atoms with van der Waals surface area (Å²) in [4.78, 5) is 23.8. The van der Waals surface area contributed by atoms with Crippen molar-refractivity contribution < 1.29 is 4.79 Å². The Bertz CT molecular complexity index is 600. The molecule has 1 unspecified atom stereocenters. The molecule has 0 bridgehead atoms. The summed E-state index contributed by atoms with van der Waals surface area (Å²) < 4.78 is 0. The molecule has 1 atom stereocenters. The lowest BCUT2D eigenvalue weighted by molar-refractivity contribution is -0.118. The number of rotatable bonds is 5. The van der Waals surface area contributed by atoms with Gasteiger partial charge in [0.05, 0.1) is 5.52 Å². The zero-order valence-corrected chi connectivity index (χ0v) is 10.6. The Hall–Kier alpha value is -2.44. The first kappa shape index (κ1) is 13.0. The number of carbonyl (C=O) groups excluding carboxylic acids is 1. The predicted molar refractivity (Wildman–Crippen MR) is 73.3 cm³/mol. The molecule has 1 amide bonds. The number of pyridine rings is 1. The lowest BCUT2D eigenvalue weighted by Crippen LogP contribution is -2.35. The number of hydrogen-bond acceptors (Lipinski definition) is 6. The van der Waals surface area contributed by atoms with Gasteiger partial charge in [-0.1, -0.05) is 13.3 Å². The first-order chi connectivity index (χ1) is 9.11. The molecule has 2 aromatic rings. The first-order valence-electron chi connectivity index (χ1n) is 6.06. The van der Waals surface area contributed by atoms with Crippen LogP contribution >= 0.6 is 0 Å². The monoisotopic (exact) mass is 260 g/mol. The number of carbonyl (C=O) groups is 1. The van der Waals surface area contributed by atoms with Crippen LogP contribution in [0.15, 0.2) is 18.3 Å². The van der Waals surface area contributed by atoms with E-state index in [2.05, 4.69) is 20.3 Å². The Morgan fingerprint density at radius 3 is 2.95 bits per heavy atom. The number of amides is 1. The number of nitrogens with one attached hydrogen (secondary N) is 1. The van der Waals surface area contributed by atoms with E-state index in [4.69, 9.17) is 11.5 Å². The van der Waals surface area contributed by atoms with Gasteiger partial charge >= 0.3 is 0 Å². The first-order valence-corrected chi connectivity index (χ1v) is 6.06. The Kier molecular flexibility index (Phi) is 3.74. The molecule has 0 radical (unpaired) electrons. The molecule has 0 aliphatic carbocycles. The maximum atomic E-state index is 11.4. The van der Waals surface area contributed by atoms with Crippen molar-refractivity contribution >= 4 is 28.7 Å². The lowest BCUT2D eigenvalue weighted by Gasteiger charge is -2.16. The topological polar surface area (TPSA) is 120 Å². The molecule has 0 spiro atoms. The van der Waals surface area contributed by atoms with Gasteiger partial charge in [-0.2, -0.15) is 4.98 Å². The van der Waals surface area contributed by atoms with Crippen LogP contribution in [0.1, 0.15) is 19.8 Å². The third-order valence-electron chi connectivity index (χ3n) is 2.70. The van der Waals surface area contributed by atoms with Gasteiger partial charge in [-0.25, -0.2) is 4.98 Å². The van der Waals surface area contributed by atoms with E-state index in [0.29, 0.717) is 23.3 Å². The number of nitrogens with zero attached hydrogens (tertiary/aromatic N) is 3. The molecule has 7 heteroatoms. The standard InChI is InChI=1S/C12H16N6O/c1-2-4-8(10(13)19)16-11-9-7(5-3-6-15-9)17-12(14)18-11/h3,5-6,8H,2,4H2,1H3,(H2,13,19)(H3,14,16,17,18). The summed E-state index contributed by atoms with van der Waals surface area (Å²) >= 11 is 0. The Labute approximate surface area is 110 Å². The van der Waals surface area contributed by atoms with Crippen LogP contribution in [0.4, 0.5) is 11.8 Å². The fraction of sp³-hybridized carbons (Fsp3) is 0.333. The van der Waals surface area contributed by atoms with Crippen molar-refractivity contribution in [2.24, 2.45) is 5.73 Å². The molecule has 0 fully saturated rings. The minimum absolute atomic E-state index is 0.128. The average molecular weight is 260 g/mol. The highest BCUT2D eigenvalue weighted by molar-refractivity contribution is 5.89. The van der Waals surface area contributed by atoms with E-state index in [0.717, 1.165) is 6.42 Å². The van der Waals surface area contributed by atoms with Crippen LogP contribution in [-0.4, -0.2) is 26.9 Å². The van der Waals surface area contributed by atoms with E-state index in [1.807, 2.05) is 6.92 Å². The van der Waals surface area contributed by atoms with Gasteiger partial charge in [-0.3, -0.25) is 9.78 Å². The third kappa shape index (κ3) is 2.87. The van der Waals surface area contributed by atoms with Crippen molar-refractivity contribution in [2.45, 2.75) is 25.8 Å². The molecule has 7 nitrogen and oxygen atoms in total. The van der Waals surface area contributed by atoms with Crippen molar-refractivity contribution in [1.29, 1.82) is 0 Å². The van der Waals surface area contributed by atoms with Crippen LogP contribution in [0.3, 0.4) is 0 Å². The summed E-state index contributed by atoms with van der Waals surface area (Å²) in [5, 5.41) is 3.00. The van der Waals surface area contributed by atoms with Gasteiger partial charge in [-0.15, -0.1) is 0 Å². The second kappa shape index (κ2) is 5.47. The molecule has 2 aromatic heterocycles. The normalized spacial score (nSPS) is 12.3. The SMILES string of the molecule is CCCC(Nc1nc(N)nc2cccnc12)C(N)=O. The molecule has 100 valence electrons. The number of aromatic nitrogens is 3. The quantitative estimate of drug-likeness (QED) is 0.726. The molecule has 0 aliphatic rings. The van der Waals surface area contributed by atoms with Gasteiger partial charge < -0.3 is 16.8 Å². The summed E-state index contributed by atoms with van der Waals surface area (Å²) in [6, 6.07) is 3.05. The lowest BCUT2D eigenvalue weighted by atomic mass is 10.1. The summed E-state index contributed by atoms with van der Waals surface area (Å²) in [5.41, 5.74) is 12.2. The van der Waals surface area contributed by atoms with E-state index in [-0.39, 0.29) is 5.95 Å². The molecular formula is C12H16N6O. The summed E-state index contributed by atoms with van der Waals surface area (Å²) in [6.45, 7) is 1.97. The van der Waals surface area contributed by atoms with E-state index < -0.39 is 11.9 Å². The molecular weight excluding hydrogens is 244 g/mol. The van der Waals surface area contributed by atoms with Crippen LogP contribution in [0, 0.1) is 0 Å². The Morgan fingerprint density at radius 1 is 1.47 bits per heavy atom. The van der Waals surface area contributed by atoms with Crippen LogP contribution in [0.25, 0.3) is 11.0 Å². The second-order valence-electron chi connectivity index (χ2n) is 4.19. The number of fused-ring (bicyclic) bond motifs is 1. The van der Waals surface area contributed by atoms with Crippen molar-refractivity contribution in [2.75, 3.05) is 11.1 Å². The van der Waals surface area contributed by atoms with Gasteiger partial charge in [0, 0.05) is 6.20 Å². The van der Waals surface area contributed by atoms with E-state index in [1.54, 1.807) is 18.3 Å². The van der Waals surface area contributed by atoms with E-state index in [1.165, 1.54) is 0 Å². The van der Waals surface area contributed by atoms with E-state index in [9.17, 15) is 4.79 Å². The Balaban J connectivity index is 2.41. The van der Waals surface area contributed by atoms with Crippen LogP contribution in [0.5, 0.6) is 0 Å². The van der Waals surface area contributed by atoms with E-state index >= 15 is 0 Å². The summed E-state index contributed by atoms with van der Waals surface area (Å²) in [6.07, 6.45) is 3.08. The molecule has 19 heavy (non-hydrogen) atoms. The largest absolute Gasteiger partial charge is 0.368 e. The molecule has 2 rings (SSSR count).